The van der Waals surface area contributed by atoms with Crippen LogP contribution in [0, 0.1) is 6.92 Å². The molecule has 0 fully saturated rings. The van der Waals surface area contributed by atoms with Crippen LogP contribution in [0.1, 0.15) is 15.9 Å². The van der Waals surface area contributed by atoms with E-state index in [0.29, 0.717) is 22.8 Å². The molecule has 0 saturated heterocycles. The number of carboxylic acid groups (broad SMARTS) is 1. The highest BCUT2D eigenvalue weighted by atomic mass is 16.5. The van der Waals surface area contributed by atoms with Gasteiger partial charge in [0.15, 0.2) is 0 Å². The lowest BCUT2D eigenvalue weighted by Crippen LogP contribution is -2.00. The normalized spacial score (nSPS) is 10.7. The molecule has 0 atom stereocenters. The summed E-state index contributed by atoms with van der Waals surface area (Å²) in [6, 6.07) is 4.72. The number of aromatic carboxylic acids is 1. The minimum atomic E-state index is -0.966. The first-order valence-corrected chi connectivity index (χ1v) is 5.81. The van der Waals surface area contributed by atoms with Gasteiger partial charge in [-0.05, 0) is 30.7 Å². The van der Waals surface area contributed by atoms with Gasteiger partial charge in [0.05, 0.1) is 5.56 Å². The van der Waals surface area contributed by atoms with Gasteiger partial charge in [0.1, 0.15) is 12.1 Å². The van der Waals surface area contributed by atoms with E-state index >= 15 is 0 Å². The molecule has 1 N–H and O–H groups in total. The molecule has 0 spiro atoms. The number of hydrogen-bond acceptors (Lipinski definition) is 5. The van der Waals surface area contributed by atoms with Gasteiger partial charge >= 0.3 is 5.97 Å². The van der Waals surface area contributed by atoms with Crippen LogP contribution in [0.4, 0.5) is 0 Å². The average molecular weight is 270 g/mol. The number of rotatable bonds is 3. The second-order valence-electron chi connectivity index (χ2n) is 4.18. The molecule has 0 bridgehead atoms. The van der Waals surface area contributed by atoms with E-state index in [1.54, 1.807) is 42.2 Å². The maximum absolute atomic E-state index is 11.0. The summed E-state index contributed by atoms with van der Waals surface area (Å²) in [4.78, 5) is 15.1. The van der Waals surface area contributed by atoms with E-state index in [4.69, 9.17) is 9.84 Å². The van der Waals surface area contributed by atoms with Crippen molar-refractivity contribution in [1.29, 1.82) is 0 Å². The number of carboxylic acids is 1. The SMILES string of the molecule is Cc1cc(Oc2nccn3cnnc23)ccc1C(=O)O. The molecule has 0 amide bonds. The molecule has 3 rings (SSSR count). The Balaban J connectivity index is 1.97. The molecular weight excluding hydrogens is 260 g/mol. The van der Waals surface area contributed by atoms with Crippen molar-refractivity contribution in [3.05, 3.63) is 48.0 Å². The molecule has 0 unspecified atom stereocenters. The number of nitrogens with zero attached hydrogens (tertiary/aromatic N) is 4. The van der Waals surface area contributed by atoms with Crippen LogP contribution in [-0.2, 0) is 0 Å². The highest BCUT2D eigenvalue weighted by Crippen LogP contribution is 2.24. The van der Waals surface area contributed by atoms with Crippen molar-refractivity contribution in [3.8, 4) is 11.6 Å². The van der Waals surface area contributed by atoms with Crippen molar-refractivity contribution in [2.75, 3.05) is 0 Å². The Hall–Kier alpha value is -2.96. The standard InChI is InChI=1S/C13H10N4O3/c1-8-6-9(2-3-10(8)13(18)19)20-12-11-16-15-7-17(11)5-4-14-12/h2-7H,1H3,(H,18,19). The third kappa shape index (κ3) is 2.05. The summed E-state index contributed by atoms with van der Waals surface area (Å²) in [5.74, 6) is -0.157. The van der Waals surface area contributed by atoms with Crippen LogP contribution in [0.25, 0.3) is 5.65 Å². The first-order valence-electron chi connectivity index (χ1n) is 5.81. The molecule has 7 nitrogen and oxygen atoms in total. The summed E-state index contributed by atoms with van der Waals surface area (Å²) in [5.41, 5.74) is 1.35. The zero-order valence-electron chi connectivity index (χ0n) is 10.5. The monoisotopic (exact) mass is 270 g/mol. The quantitative estimate of drug-likeness (QED) is 0.782. The van der Waals surface area contributed by atoms with Crippen molar-refractivity contribution >= 4 is 11.6 Å². The summed E-state index contributed by atoms with van der Waals surface area (Å²) >= 11 is 0. The Labute approximate surface area is 113 Å². The van der Waals surface area contributed by atoms with Gasteiger partial charge in [-0.1, -0.05) is 0 Å². The lowest BCUT2D eigenvalue weighted by atomic mass is 10.1. The van der Waals surface area contributed by atoms with E-state index in [2.05, 4.69) is 15.2 Å². The smallest absolute Gasteiger partial charge is 0.335 e. The van der Waals surface area contributed by atoms with E-state index in [1.807, 2.05) is 0 Å². The van der Waals surface area contributed by atoms with Crippen molar-refractivity contribution in [2.45, 2.75) is 6.92 Å². The number of aryl methyl sites for hydroxylation is 1. The van der Waals surface area contributed by atoms with E-state index in [1.165, 1.54) is 6.07 Å². The fourth-order valence-electron chi connectivity index (χ4n) is 1.86. The minimum Gasteiger partial charge on any atom is -0.478 e. The van der Waals surface area contributed by atoms with Gasteiger partial charge < -0.3 is 9.84 Å². The number of aromatic nitrogens is 4. The van der Waals surface area contributed by atoms with Crippen molar-refractivity contribution < 1.29 is 14.6 Å². The predicted molar refractivity (Wildman–Crippen MR) is 69.0 cm³/mol. The van der Waals surface area contributed by atoms with Crippen LogP contribution in [0.15, 0.2) is 36.9 Å². The molecule has 0 aliphatic rings. The van der Waals surface area contributed by atoms with E-state index in [0.717, 1.165) is 0 Å². The molecule has 0 aliphatic carbocycles. The third-order valence-electron chi connectivity index (χ3n) is 2.83. The molecule has 0 aliphatic heterocycles. The van der Waals surface area contributed by atoms with Crippen LogP contribution in [-0.4, -0.2) is 30.7 Å². The summed E-state index contributed by atoms with van der Waals surface area (Å²) in [6.07, 6.45) is 4.83. The zero-order chi connectivity index (χ0) is 14.1. The number of ether oxygens (including phenoxy) is 1. The van der Waals surface area contributed by atoms with Crippen LogP contribution >= 0.6 is 0 Å². The molecular formula is C13H10N4O3. The van der Waals surface area contributed by atoms with E-state index in [9.17, 15) is 4.79 Å². The Morgan fingerprint density at radius 1 is 1.40 bits per heavy atom. The Kier molecular flexibility index (Phi) is 2.79. The topological polar surface area (TPSA) is 89.6 Å². The maximum atomic E-state index is 11.0. The first kappa shape index (κ1) is 12.1. The van der Waals surface area contributed by atoms with Gasteiger partial charge in [0.2, 0.25) is 5.65 Å². The van der Waals surface area contributed by atoms with E-state index < -0.39 is 5.97 Å². The van der Waals surface area contributed by atoms with Gasteiger partial charge in [-0.2, -0.15) is 0 Å². The number of benzene rings is 1. The molecule has 2 heterocycles. The second-order valence-corrected chi connectivity index (χ2v) is 4.18. The minimum absolute atomic E-state index is 0.242. The first-order chi connectivity index (χ1) is 9.65. The molecule has 100 valence electrons. The predicted octanol–water partition coefficient (Wildman–Crippen LogP) is 1.92. The summed E-state index contributed by atoms with van der Waals surface area (Å²) in [7, 11) is 0. The van der Waals surface area contributed by atoms with Crippen molar-refractivity contribution in [1.82, 2.24) is 19.6 Å². The Morgan fingerprint density at radius 2 is 2.25 bits per heavy atom. The van der Waals surface area contributed by atoms with Gasteiger partial charge in [0, 0.05) is 12.4 Å². The second kappa shape index (κ2) is 4.61. The van der Waals surface area contributed by atoms with Crippen LogP contribution < -0.4 is 4.74 Å². The van der Waals surface area contributed by atoms with Crippen LogP contribution in [0.3, 0.4) is 0 Å². The average Bonchev–Trinajstić information content (AvgIpc) is 2.87. The zero-order valence-corrected chi connectivity index (χ0v) is 10.5. The summed E-state index contributed by atoms with van der Waals surface area (Å²) in [5, 5.41) is 16.7. The molecule has 0 saturated carbocycles. The maximum Gasteiger partial charge on any atom is 0.335 e. The van der Waals surface area contributed by atoms with Crippen molar-refractivity contribution in [2.24, 2.45) is 0 Å². The lowest BCUT2D eigenvalue weighted by molar-refractivity contribution is 0.0696. The van der Waals surface area contributed by atoms with E-state index in [-0.39, 0.29) is 5.56 Å². The highest BCUT2D eigenvalue weighted by molar-refractivity contribution is 5.89. The molecule has 2 aromatic heterocycles. The fourth-order valence-corrected chi connectivity index (χ4v) is 1.86. The third-order valence-corrected chi connectivity index (χ3v) is 2.83. The number of hydrogen-bond donors (Lipinski definition) is 1. The molecule has 20 heavy (non-hydrogen) atoms. The van der Waals surface area contributed by atoms with Gasteiger partial charge in [-0.3, -0.25) is 4.40 Å². The number of fused-ring (bicyclic) bond motifs is 1. The molecule has 0 radical (unpaired) electrons. The lowest BCUT2D eigenvalue weighted by Gasteiger charge is -2.07. The van der Waals surface area contributed by atoms with Gasteiger partial charge in [0.25, 0.3) is 5.88 Å². The molecule has 3 aromatic rings. The molecule has 7 heteroatoms. The van der Waals surface area contributed by atoms with Crippen LogP contribution in [0.2, 0.25) is 0 Å². The van der Waals surface area contributed by atoms with Crippen molar-refractivity contribution in [3.63, 3.8) is 0 Å². The van der Waals surface area contributed by atoms with Gasteiger partial charge in [-0.25, -0.2) is 9.78 Å². The Bertz CT molecular complexity index is 797. The summed E-state index contributed by atoms with van der Waals surface area (Å²) < 4.78 is 7.32. The number of carbonyl (C=O) groups is 1. The van der Waals surface area contributed by atoms with Gasteiger partial charge in [-0.15, -0.1) is 10.2 Å². The Morgan fingerprint density at radius 3 is 3.00 bits per heavy atom. The molecule has 1 aromatic carbocycles. The largest absolute Gasteiger partial charge is 0.478 e. The highest BCUT2D eigenvalue weighted by Gasteiger charge is 2.11. The fraction of sp³-hybridized carbons (Fsp3) is 0.0769. The van der Waals surface area contributed by atoms with Crippen LogP contribution in [0.5, 0.6) is 11.6 Å². The summed E-state index contributed by atoms with van der Waals surface area (Å²) in [6.45, 7) is 1.71.